The monoisotopic (exact) mass is 268 g/mol. The quantitative estimate of drug-likeness (QED) is 0.861. The molecule has 2 heterocycles. The van der Waals surface area contributed by atoms with Gasteiger partial charge in [-0.25, -0.2) is 4.98 Å². The van der Waals surface area contributed by atoms with Gasteiger partial charge in [0.15, 0.2) is 0 Å². The van der Waals surface area contributed by atoms with Crippen LogP contribution in [0.3, 0.4) is 0 Å². The molecule has 102 valence electrons. The van der Waals surface area contributed by atoms with E-state index in [0.717, 1.165) is 26.0 Å². The number of nitrogens with zero attached hydrogens (tertiary/aromatic N) is 1. The maximum absolute atomic E-state index is 5.74. The lowest BCUT2D eigenvalue weighted by Gasteiger charge is -2.20. The number of aryl methyl sites for hydroxylation is 2. The summed E-state index contributed by atoms with van der Waals surface area (Å²) < 4.78 is 5.74. The lowest BCUT2D eigenvalue weighted by Crippen LogP contribution is -2.34. The van der Waals surface area contributed by atoms with Crippen LogP contribution in [0.4, 0.5) is 0 Å². The molecule has 1 fully saturated rings. The molecule has 1 aliphatic heterocycles. The summed E-state index contributed by atoms with van der Waals surface area (Å²) in [5.41, 5.74) is 1.18. The van der Waals surface area contributed by atoms with Crippen molar-refractivity contribution in [2.24, 2.45) is 0 Å². The Morgan fingerprint density at radius 3 is 2.89 bits per heavy atom. The number of hydrogen-bond donors (Lipinski definition) is 1. The zero-order valence-electron chi connectivity index (χ0n) is 11.7. The highest BCUT2D eigenvalue weighted by Crippen LogP contribution is 2.22. The van der Waals surface area contributed by atoms with E-state index in [-0.39, 0.29) is 0 Å². The van der Waals surface area contributed by atoms with Gasteiger partial charge in [0.05, 0.1) is 16.8 Å². The first-order valence-corrected chi connectivity index (χ1v) is 7.78. The van der Waals surface area contributed by atoms with Crippen LogP contribution in [-0.4, -0.2) is 30.3 Å². The maximum Gasteiger partial charge on any atom is 0.0946 e. The van der Waals surface area contributed by atoms with Gasteiger partial charge in [0.2, 0.25) is 0 Å². The smallest absolute Gasteiger partial charge is 0.0946 e. The Balaban J connectivity index is 1.92. The van der Waals surface area contributed by atoms with Crippen molar-refractivity contribution in [2.75, 3.05) is 13.2 Å². The molecule has 18 heavy (non-hydrogen) atoms. The third kappa shape index (κ3) is 3.77. The van der Waals surface area contributed by atoms with Crippen molar-refractivity contribution in [1.29, 1.82) is 0 Å². The van der Waals surface area contributed by atoms with E-state index in [1.54, 1.807) is 0 Å². The number of aromatic nitrogens is 1. The van der Waals surface area contributed by atoms with Gasteiger partial charge in [-0.15, -0.1) is 11.3 Å². The zero-order valence-corrected chi connectivity index (χ0v) is 12.5. The Hall–Kier alpha value is -0.450. The molecular formula is C14H24N2OS. The van der Waals surface area contributed by atoms with E-state index >= 15 is 0 Å². The van der Waals surface area contributed by atoms with E-state index in [9.17, 15) is 0 Å². The van der Waals surface area contributed by atoms with Gasteiger partial charge in [0.25, 0.3) is 0 Å². The van der Waals surface area contributed by atoms with Gasteiger partial charge in [-0.3, -0.25) is 0 Å². The van der Waals surface area contributed by atoms with Gasteiger partial charge in [-0.1, -0.05) is 6.92 Å². The van der Waals surface area contributed by atoms with Crippen LogP contribution in [0.5, 0.6) is 0 Å². The van der Waals surface area contributed by atoms with E-state index in [1.165, 1.54) is 28.4 Å². The summed E-state index contributed by atoms with van der Waals surface area (Å²) in [5.74, 6) is 0. The number of likely N-dealkylation sites (N-methyl/N-ethyl adjacent to an activating group) is 1. The molecule has 1 saturated heterocycles. The summed E-state index contributed by atoms with van der Waals surface area (Å²) >= 11 is 1.83. The SMILES string of the molecule is CCNC(Cc1nc(C)c(C)s1)CC1CCCO1. The molecule has 0 aliphatic carbocycles. The fourth-order valence-electron chi connectivity index (χ4n) is 2.51. The Morgan fingerprint density at radius 1 is 1.50 bits per heavy atom. The van der Waals surface area contributed by atoms with Crippen molar-refractivity contribution in [3.63, 3.8) is 0 Å². The molecule has 0 aromatic carbocycles. The molecule has 3 nitrogen and oxygen atoms in total. The summed E-state index contributed by atoms with van der Waals surface area (Å²) in [6.45, 7) is 8.37. The molecule has 0 amide bonds. The summed E-state index contributed by atoms with van der Waals surface area (Å²) in [4.78, 5) is 5.99. The Labute approximate surface area is 114 Å². The Bertz CT molecular complexity index is 352. The summed E-state index contributed by atoms with van der Waals surface area (Å²) in [5, 5.41) is 4.83. The second kappa shape index (κ2) is 6.64. The highest BCUT2D eigenvalue weighted by Gasteiger charge is 2.21. The largest absolute Gasteiger partial charge is 0.378 e. The molecule has 1 aliphatic rings. The number of nitrogens with one attached hydrogen (secondary N) is 1. The van der Waals surface area contributed by atoms with Gasteiger partial charge in [-0.05, 0) is 39.7 Å². The van der Waals surface area contributed by atoms with Crippen LogP contribution in [-0.2, 0) is 11.2 Å². The van der Waals surface area contributed by atoms with Crippen molar-refractivity contribution in [2.45, 2.75) is 58.6 Å². The molecule has 2 rings (SSSR count). The molecule has 0 radical (unpaired) electrons. The number of rotatable bonds is 6. The first-order chi connectivity index (χ1) is 8.69. The average molecular weight is 268 g/mol. The van der Waals surface area contributed by atoms with Gasteiger partial charge in [0, 0.05) is 23.9 Å². The van der Waals surface area contributed by atoms with Crippen LogP contribution in [0.15, 0.2) is 0 Å². The molecule has 2 atom stereocenters. The topological polar surface area (TPSA) is 34.2 Å². The molecule has 1 aromatic heterocycles. The van der Waals surface area contributed by atoms with Crippen molar-refractivity contribution in [3.05, 3.63) is 15.6 Å². The van der Waals surface area contributed by atoms with Crippen molar-refractivity contribution in [1.82, 2.24) is 10.3 Å². The summed E-state index contributed by atoms with van der Waals surface area (Å²) in [6.07, 6.45) is 5.05. The second-order valence-corrected chi connectivity index (χ2v) is 6.37. The maximum atomic E-state index is 5.74. The van der Waals surface area contributed by atoms with Gasteiger partial charge >= 0.3 is 0 Å². The second-order valence-electron chi connectivity index (χ2n) is 5.08. The van der Waals surface area contributed by atoms with Crippen molar-refractivity contribution >= 4 is 11.3 Å². The highest BCUT2D eigenvalue weighted by molar-refractivity contribution is 7.11. The predicted octanol–water partition coefficient (Wildman–Crippen LogP) is 2.85. The summed E-state index contributed by atoms with van der Waals surface area (Å²) in [6, 6.07) is 0.503. The normalized spacial score (nSPS) is 21.4. The van der Waals surface area contributed by atoms with Crippen LogP contribution in [0, 0.1) is 13.8 Å². The lowest BCUT2D eigenvalue weighted by molar-refractivity contribution is 0.0947. The van der Waals surface area contributed by atoms with E-state index in [1.807, 2.05) is 11.3 Å². The molecule has 1 aromatic rings. The number of thiazole rings is 1. The highest BCUT2D eigenvalue weighted by atomic mass is 32.1. The Kier molecular flexibility index (Phi) is 5.15. The predicted molar refractivity (Wildman–Crippen MR) is 76.3 cm³/mol. The third-order valence-corrected chi connectivity index (χ3v) is 4.65. The van der Waals surface area contributed by atoms with Gasteiger partial charge in [-0.2, -0.15) is 0 Å². The fraction of sp³-hybridized carbons (Fsp3) is 0.786. The first-order valence-electron chi connectivity index (χ1n) is 6.97. The molecule has 0 bridgehead atoms. The minimum absolute atomic E-state index is 0.455. The van der Waals surface area contributed by atoms with E-state index in [4.69, 9.17) is 4.74 Å². The average Bonchev–Trinajstić information content (AvgIpc) is 2.91. The minimum Gasteiger partial charge on any atom is -0.378 e. The molecule has 0 saturated carbocycles. The van der Waals surface area contributed by atoms with E-state index in [2.05, 4.69) is 31.1 Å². The first kappa shape index (κ1) is 14.0. The molecule has 4 heteroatoms. The lowest BCUT2D eigenvalue weighted by atomic mass is 10.0. The molecule has 1 N–H and O–H groups in total. The minimum atomic E-state index is 0.455. The van der Waals surface area contributed by atoms with Crippen LogP contribution >= 0.6 is 11.3 Å². The van der Waals surface area contributed by atoms with Crippen LogP contribution in [0.25, 0.3) is 0 Å². The Morgan fingerprint density at radius 2 is 2.33 bits per heavy atom. The van der Waals surface area contributed by atoms with Gasteiger partial charge < -0.3 is 10.1 Å². The van der Waals surface area contributed by atoms with E-state index < -0.39 is 0 Å². The summed E-state index contributed by atoms with van der Waals surface area (Å²) in [7, 11) is 0. The number of hydrogen-bond acceptors (Lipinski definition) is 4. The van der Waals surface area contributed by atoms with Crippen LogP contribution in [0.1, 0.15) is 41.8 Å². The van der Waals surface area contributed by atoms with E-state index in [0.29, 0.717) is 12.1 Å². The standard InChI is InChI=1S/C14H24N2OS/c1-4-15-12(8-13-6-5-7-17-13)9-14-16-10(2)11(3)18-14/h12-13,15H,4-9H2,1-3H3. The van der Waals surface area contributed by atoms with Crippen molar-refractivity contribution < 1.29 is 4.74 Å². The van der Waals surface area contributed by atoms with Crippen LogP contribution in [0.2, 0.25) is 0 Å². The third-order valence-electron chi connectivity index (χ3n) is 3.56. The number of ether oxygens (including phenoxy) is 1. The van der Waals surface area contributed by atoms with Crippen LogP contribution < -0.4 is 5.32 Å². The zero-order chi connectivity index (χ0) is 13.0. The van der Waals surface area contributed by atoms with Crippen molar-refractivity contribution in [3.8, 4) is 0 Å². The fourth-order valence-corrected chi connectivity index (χ4v) is 3.53. The molecular weight excluding hydrogens is 244 g/mol. The molecule has 2 unspecified atom stereocenters. The van der Waals surface area contributed by atoms with Gasteiger partial charge in [0.1, 0.15) is 0 Å². The molecule has 0 spiro atoms.